The predicted molar refractivity (Wildman–Crippen MR) is 138 cm³/mol. The topological polar surface area (TPSA) is 73.5 Å². The van der Waals surface area contributed by atoms with Crippen LogP contribution < -0.4 is 0 Å². The molecule has 6 nitrogen and oxygen atoms in total. The Morgan fingerprint density at radius 2 is 1.46 bits per heavy atom. The van der Waals surface area contributed by atoms with E-state index in [1.165, 1.54) is 16.4 Å². The van der Waals surface area contributed by atoms with E-state index in [9.17, 15) is 39.6 Å². The molecular weight excluding hydrogens is 572 g/mol. The average molecular weight is 596 g/mol. The number of H-pyrrole nitrogens is 1. The Labute approximate surface area is 231 Å². The van der Waals surface area contributed by atoms with E-state index in [2.05, 4.69) is 4.98 Å². The molecule has 0 radical (unpaired) electrons. The molecule has 1 saturated heterocycles. The van der Waals surface area contributed by atoms with Crippen LogP contribution in [0.15, 0.2) is 83.9 Å². The van der Waals surface area contributed by atoms with E-state index in [1.807, 2.05) is 12.1 Å². The second-order valence-electron chi connectivity index (χ2n) is 9.69. The van der Waals surface area contributed by atoms with Gasteiger partial charge < -0.3 is 9.88 Å². The van der Waals surface area contributed by atoms with E-state index in [0.717, 1.165) is 15.8 Å². The zero-order chi connectivity index (χ0) is 29.6. The number of sulfonamides is 1. The number of rotatable bonds is 5. The van der Waals surface area contributed by atoms with Gasteiger partial charge in [-0.2, -0.15) is 30.6 Å². The number of benzene rings is 3. The average Bonchev–Trinajstić information content (AvgIpc) is 3.34. The van der Waals surface area contributed by atoms with Gasteiger partial charge >= 0.3 is 12.4 Å². The first-order valence-electron chi connectivity index (χ1n) is 12.5. The number of nitrogens with zero attached hydrogens (tertiary/aromatic N) is 2. The molecule has 0 bridgehead atoms. The van der Waals surface area contributed by atoms with E-state index in [0.29, 0.717) is 17.7 Å². The van der Waals surface area contributed by atoms with Gasteiger partial charge in [0.25, 0.3) is 5.91 Å². The first kappa shape index (κ1) is 28.7. The van der Waals surface area contributed by atoms with Crippen molar-refractivity contribution < 1.29 is 39.6 Å². The summed E-state index contributed by atoms with van der Waals surface area (Å²) in [6, 6.07) is 14.7. The van der Waals surface area contributed by atoms with Gasteiger partial charge in [-0.15, -0.1) is 0 Å². The fourth-order valence-electron chi connectivity index (χ4n) is 5.03. The van der Waals surface area contributed by atoms with Crippen molar-refractivity contribution in [1.29, 1.82) is 0 Å². The quantitative estimate of drug-likeness (QED) is 0.290. The minimum Gasteiger partial charge on any atom is -0.361 e. The molecule has 1 aromatic heterocycles. The number of piperazine rings is 1. The highest BCUT2D eigenvalue weighted by atomic mass is 32.2. The second-order valence-corrected chi connectivity index (χ2v) is 11.6. The number of aromatic nitrogens is 1. The summed E-state index contributed by atoms with van der Waals surface area (Å²) in [4.78, 5) is 17.9. The lowest BCUT2D eigenvalue weighted by Crippen LogP contribution is -2.57. The van der Waals surface area contributed by atoms with Gasteiger partial charge in [-0.25, -0.2) is 8.42 Å². The molecule has 4 aromatic rings. The second kappa shape index (κ2) is 10.5. The van der Waals surface area contributed by atoms with E-state index >= 15 is 0 Å². The largest absolute Gasteiger partial charge is 0.416 e. The highest BCUT2D eigenvalue weighted by Gasteiger charge is 2.40. The van der Waals surface area contributed by atoms with Crippen molar-refractivity contribution in [2.75, 3.05) is 19.6 Å². The number of halogens is 6. The van der Waals surface area contributed by atoms with Gasteiger partial charge in [0, 0.05) is 48.3 Å². The summed E-state index contributed by atoms with van der Waals surface area (Å²) in [5.74, 6) is -1.05. The molecule has 216 valence electrons. The minimum atomic E-state index is -5.12. The number of carbonyl (C=O) groups excluding carboxylic acids is 1. The first-order valence-corrected chi connectivity index (χ1v) is 13.9. The molecule has 1 N–H and O–H groups in total. The molecule has 5 rings (SSSR count). The molecular formula is C28H23F6N3O3S. The van der Waals surface area contributed by atoms with Crippen LogP contribution in [0.1, 0.15) is 27.0 Å². The molecule has 1 amide bonds. The summed E-state index contributed by atoms with van der Waals surface area (Å²) < 4.78 is 109. The van der Waals surface area contributed by atoms with E-state index < -0.39 is 51.0 Å². The molecule has 13 heteroatoms. The lowest BCUT2D eigenvalue weighted by Gasteiger charge is -2.41. The highest BCUT2D eigenvalue weighted by molar-refractivity contribution is 7.89. The fraction of sp³-hybridized carbons (Fsp3) is 0.250. The maximum absolute atomic E-state index is 13.6. The molecule has 1 aliphatic rings. The van der Waals surface area contributed by atoms with Crippen molar-refractivity contribution in [1.82, 2.24) is 14.2 Å². The number of hydrogen-bond acceptors (Lipinski definition) is 3. The zero-order valence-corrected chi connectivity index (χ0v) is 22.0. The number of alkyl halides is 6. The van der Waals surface area contributed by atoms with Crippen LogP contribution in [-0.4, -0.2) is 54.2 Å². The van der Waals surface area contributed by atoms with E-state index in [-0.39, 0.29) is 37.0 Å². The van der Waals surface area contributed by atoms with Crippen LogP contribution in [0.2, 0.25) is 0 Å². The van der Waals surface area contributed by atoms with Crippen LogP contribution in [0, 0.1) is 0 Å². The first-order chi connectivity index (χ1) is 19.2. The molecule has 0 spiro atoms. The number of fused-ring (bicyclic) bond motifs is 1. The van der Waals surface area contributed by atoms with Crippen molar-refractivity contribution >= 4 is 26.8 Å². The number of amides is 1. The van der Waals surface area contributed by atoms with Crippen LogP contribution in [-0.2, 0) is 28.8 Å². The Morgan fingerprint density at radius 1 is 0.854 bits per heavy atom. The summed E-state index contributed by atoms with van der Waals surface area (Å²) in [7, 11) is -3.99. The molecule has 2 heterocycles. The predicted octanol–water partition coefficient (Wildman–Crippen LogP) is 5.96. The number of hydrogen-bond donors (Lipinski definition) is 1. The Hall–Kier alpha value is -3.84. The van der Waals surface area contributed by atoms with Crippen LogP contribution in [0.3, 0.4) is 0 Å². The molecule has 1 fully saturated rings. The Balaban J connectivity index is 1.54. The van der Waals surface area contributed by atoms with Gasteiger partial charge in [-0.3, -0.25) is 4.79 Å². The van der Waals surface area contributed by atoms with Crippen molar-refractivity contribution in [3.05, 3.63) is 101 Å². The van der Waals surface area contributed by atoms with Gasteiger partial charge in [-0.05, 0) is 48.4 Å². The molecule has 41 heavy (non-hydrogen) atoms. The SMILES string of the molecule is O=C(c1cc(C(F)(F)F)cc(C(F)(F)F)c1)N1CCN(S(=O)(=O)c2ccccc2)C[C@H]1Cc1c[nH]c2ccccc12. The molecule has 0 saturated carbocycles. The van der Waals surface area contributed by atoms with Gasteiger partial charge in [0.05, 0.1) is 16.0 Å². The van der Waals surface area contributed by atoms with Crippen molar-refractivity contribution in [3.63, 3.8) is 0 Å². The normalized spacial score (nSPS) is 17.2. The zero-order valence-electron chi connectivity index (χ0n) is 21.2. The monoisotopic (exact) mass is 595 g/mol. The lowest BCUT2D eigenvalue weighted by atomic mass is 9.99. The van der Waals surface area contributed by atoms with E-state index in [4.69, 9.17) is 0 Å². The molecule has 0 unspecified atom stereocenters. The van der Waals surface area contributed by atoms with E-state index in [1.54, 1.807) is 36.5 Å². The third-order valence-corrected chi connectivity index (χ3v) is 8.93. The number of para-hydroxylation sites is 1. The maximum atomic E-state index is 13.6. The molecule has 3 aromatic carbocycles. The van der Waals surface area contributed by atoms with Crippen LogP contribution in [0.4, 0.5) is 26.3 Å². The van der Waals surface area contributed by atoms with Gasteiger partial charge in [-0.1, -0.05) is 36.4 Å². The summed E-state index contributed by atoms with van der Waals surface area (Å²) in [6.07, 6.45) is -8.46. The van der Waals surface area contributed by atoms with Crippen molar-refractivity contribution in [3.8, 4) is 0 Å². The smallest absolute Gasteiger partial charge is 0.361 e. The third-order valence-electron chi connectivity index (χ3n) is 7.05. The minimum absolute atomic E-state index is 0.0262. The Bertz CT molecular complexity index is 1650. The van der Waals surface area contributed by atoms with Gasteiger partial charge in [0.1, 0.15) is 0 Å². The molecule has 1 aliphatic heterocycles. The maximum Gasteiger partial charge on any atom is 0.416 e. The standard InChI is InChI=1S/C28H23F6N3O3S/c29-27(30,31)20-12-18(13-21(15-20)28(32,33)34)26(38)37-11-10-36(41(39,40)23-6-2-1-3-7-23)17-22(37)14-19-16-35-25-9-5-4-8-24(19)25/h1-9,12-13,15-16,22,35H,10-11,14,17H2/t22-/m1/s1. The van der Waals surface area contributed by atoms with Crippen LogP contribution in [0.5, 0.6) is 0 Å². The van der Waals surface area contributed by atoms with Gasteiger partial charge in [0.15, 0.2) is 0 Å². The summed E-state index contributed by atoms with van der Waals surface area (Å²) in [5.41, 5.74) is -2.50. The highest BCUT2D eigenvalue weighted by Crippen LogP contribution is 2.37. The van der Waals surface area contributed by atoms with Crippen LogP contribution >= 0.6 is 0 Å². The fourth-order valence-corrected chi connectivity index (χ4v) is 6.52. The van der Waals surface area contributed by atoms with Crippen LogP contribution in [0.25, 0.3) is 10.9 Å². The Morgan fingerprint density at radius 3 is 2.10 bits per heavy atom. The lowest BCUT2D eigenvalue weighted by molar-refractivity contribution is -0.143. The summed E-state index contributed by atoms with van der Waals surface area (Å²) >= 11 is 0. The summed E-state index contributed by atoms with van der Waals surface area (Å²) in [6.45, 7) is -0.651. The number of aromatic amines is 1. The third kappa shape index (κ3) is 5.82. The van der Waals surface area contributed by atoms with Crippen molar-refractivity contribution in [2.24, 2.45) is 0 Å². The van der Waals surface area contributed by atoms with Gasteiger partial charge in [0.2, 0.25) is 10.0 Å². The summed E-state index contributed by atoms with van der Waals surface area (Å²) in [5, 5.41) is 0.793. The Kier molecular flexibility index (Phi) is 7.36. The number of carbonyl (C=O) groups is 1. The van der Waals surface area contributed by atoms with Crippen molar-refractivity contribution in [2.45, 2.75) is 29.7 Å². The number of nitrogens with one attached hydrogen (secondary N) is 1. The molecule has 1 atom stereocenters. The molecule has 0 aliphatic carbocycles.